The van der Waals surface area contributed by atoms with Crippen molar-refractivity contribution in [2.45, 2.75) is 38.6 Å². The van der Waals surface area contributed by atoms with E-state index in [0.717, 1.165) is 37.0 Å². The minimum atomic E-state index is 0.739. The zero-order chi connectivity index (χ0) is 17.8. The summed E-state index contributed by atoms with van der Waals surface area (Å²) in [6, 6.07) is 4.96. The van der Waals surface area contributed by atoms with Crippen molar-refractivity contribution in [1.29, 1.82) is 0 Å². The maximum absolute atomic E-state index is 6.10. The number of hydrogen-bond donors (Lipinski definition) is 1. The van der Waals surface area contributed by atoms with Crippen LogP contribution in [0.25, 0.3) is 0 Å². The molecule has 0 spiro atoms. The third-order valence-corrected chi connectivity index (χ3v) is 5.89. The Kier molecular flexibility index (Phi) is 6.07. The second kappa shape index (κ2) is 8.28. The number of rotatable bonds is 4. The Morgan fingerprint density at radius 3 is 2.52 bits per heavy atom. The largest absolute Gasteiger partial charge is 0.495 e. The lowest BCUT2D eigenvalue weighted by Gasteiger charge is -2.39. The fraction of sp³-hybridized carbons (Fsp3) is 0.700. The van der Waals surface area contributed by atoms with Crippen LogP contribution < -0.4 is 15.4 Å². The number of nitrogens with zero attached hydrogens (tertiary/aromatic N) is 3. The Hall–Kier alpha value is -1.46. The smallest absolute Gasteiger partial charge is 0.143 e. The van der Waals surface area contributed by atoms with Crippen LogP contribution in [-0.4, -0.2) is 69.3 Å². The number of benzene rings is 1. The van der Waals surface area contributed by atoms with E-state index in [-0.39, 0.29) is 0 Å². The fourth-order valence-corrected chi connectivity index (χ4v) is 4.29. The van der Waals surface area contributed by atoms with Crippen LogP contribution in [0.2, 0.25) is 0 Å². The van der Waals surface area contributed by atoms with Gasteiger partial charge in [-0.05, 0) is 57.5 Å². The topological polar surface area (TPSA) is 45.0 Å². The van der Waals surface area contributed by atoms with E-state index in [1.54, 1.807) is 7.11 Å². The number of nitrogens with two attached hydrogens (primary N) is 1. The SMILES string of the molecule is CCc1cc(N)c(OC)cc1N1CCC(N2CCCN(C)CC2)CC1. The average molecular weight is 347 g/mol. The molecule has 0 radical (unpaired) electrons. The van der Waals surface area contributed by atoms with E-state index < -0.39 is 0 Å². The maximum Gasteiger partial charge on any atom is 0.143 e. The van der Waals surface area contributed by atoms with Gasteiger partial charge in [-0.15, -0.1) is 0 Å². The summed E-state index contributed by atoms with van der Waals surface area (Å²) in [5, 5.41) is 0. The summed E-state index contributed by atoms with van der Waals surface area (Å²) in [6.07, 6.45) is 4.80. The van der Waals surface area contributed by atoms with Gasteiger partial charge < -0.3 is 20.3 Å². The van der Waals surface area contributed by atoms with Crippen molar-refractivity contribution in [2.24, 2.45) is 0 Å². The van der Waals surface area contributed by atoms with Crippen molar-refractivity contribution in [3.8, 4) is 5.75 Å². The van der Waals surface area contributed by atoms with E-state index >= 15 is 0 Å². The number of nitrogen functional groups attached to an aromatic ring is 1. The molecule has 0 aromatic heterocycles. The van der Waals surface area contributed by atoms with Crippen molar-refractivity contribution in [2.75, 3.05) is 64.1 Å². The van der Waals surface area contributed by atoms with Gasteiger partial charge in [-0.25, -0.2) is 0 Å². The molecule has 0 unspecified atom stereocenters. The molecule has 0 aliphatic carbocycles. The van der Waals surface area contributed by atoms with Crippen LogP contribution in [-0.2, 0) is 6.42 Å². The predicted octanol–water partition coefficient (Wildman–Crippen LogP) is 2.45. The highest BCUT2D eigenvalue weighted by molar-refractivity contribution is 5.67. The standard InChI is InChI=1S/C20H34N4O/c1-4-16-14-18(21)20(25-3)15-19(16)24-10-6-17(7-11-24)23-9-5-8-22(2)12-13-23/h14-15,17H,4-13,21H2,1-3H3. The first-order valence-electron chi connectivity index (χ1n) is 9.76. The summed E-state index contributed by atoms with van der Waals surface area (Å²) in [5.41, 5.74) is 9.47. The molecule has 2 heterocycles. The molecule has 0 amide bonds. The number of methoxy groups -OCH3 is 1. The minimum absolute atomic E-state index is 0.739. The normalized spacial score (nSPS) is 21.3. The number of ether oxygens (including phenoxy) is 1. The molecule has 2 saturated heterocycles. The van der Waals surface area contributed by atoms with Gasteiger partial charge in [0.15, 0.2) is 0 Å². The zero-order valence-electron chi connectivity index (χ0n) is 16.1. The molecule has 1 aromatic rings. The average Bonchev–Trinajstić information content (AvgIpc) is 2.86. The van der Waals surface area contributed by atoms with Crippen molar-refractivity contribution < 1.29 is 4.74 Å². The molecule has 0 atom stereocenters. The van der Waals surface area contributed by atoms with Crippen molar-refractivity contribution in [3.05, 3.63) is 17.7 Å². The molecule has 25 heavy (non-hydrogen) atoms. The van der Waals surface area contributed by atoms with Gasteiger partial charge in [0.1, 0.15) is 5.75 Å². The van der Waals surface area contributed by atoms with Gasteiger partial charge in [-0.2, -0.15) is 0 Å². The van der Waals surface area contributed by atoms with Crippen molar-refractivity contribution >= 4 is 11.4 Å². The maximum atomic E-state index is 6.10. The van der Waals surface area contributed by atoms with Crippen molar-refractivity contribution in [3.63, 3.8) is 0 Å². The Balaban J connectivity index is 1.66. The van der Waals surface area contributed by atoms with E-state index in [4.69, 9.17) is 10.5 Å². The number of hydrogen-bond acceptors (Lipinski definition) is 5. The number of likely N-dealkylation sites (N-methyl/N-ethyl adjacent to an activating group) is 1. The Morgan fingerprint density at radius 2 is 1.84 bits per heavy atom. The zero-order valence-corrected chi connectivity index (χ0v) is 16.1. The Morgan fingerprint density at radius 1 is 1.08 bits per heavy atom. The van der Waals surface area contributed by atoms with Crippen molar-refractivity contribution in [1.82, 2.24) is 9.80 Å². The second-order valence-corrected chi connectivity index (χ2v) is 7.49. The third kappa shape index (κ3) is 4.21. The lowest BCUT2D eigenvalue weighted by Crippen LogP contribution is -2.46. The summed E-state index contributed by atoms with van der Waals surface area (Å²) in [7, 11) is 3.94. The highest BCUT2D eigenvalue weighted by atomic mass is 16.5. The first-order chi connectivity index (χ1) is 12.1. The third-order valence-electron chi connectivity index (χ3n) is 5.89. The second-order valence-electron chi connectivity index (χ2n) is 7.49. The molecular formula is C20H34N4O. The molecule has 2 N–H and O–H groups in total. The lowest BCUT2D eigenvalue weighted by atomic mass is 10.00. The first kappa shape index (κ1) is 18.3. The molecule has 5 heteroatoms. The van der Waals surface area contributed by atoms with E-state index in [0.29, 0.717) is 0 Å². The van der Waals surface area contributed by atoms with E-state index in [9.17, 15) is 0 Å². The molecule has 2 fully saturated rings. The van der Waals surface area contributed by atoms with Gasteiger partial charge in [0.2, 0.25) is 0 Å². The first-order valence-corrected chi connectivity index (χ1v) is 9.76. The Labute approximate surface area is 152 Å². The van der Waals surface area contributed by atoms with Crippen LogP contribution in [0.4, 0.5) is 11.4 Å². The van der Waals surface area contributed by atoms with Gasteiger partial charge in [0.25, 0.3) is 0 Å². The summed E-state index contributed by atoms with van der Waals surface area (Å²) in [5.74, 6) is 0.796. The summed E-state index contributed by atoms with van der Waals surface area (Å²) < 4.78 is 5.45. The summed E-state index contributed by atoms with van der Waals surface area (Å²) in [4.78, 5) is 7.72. The molecule has 5 nitrogen and oxygen atoms in total. The monoisotopic (exact) mass is 346 g/mol. The van der Waals surface area contributed by atoms with Crippen LogP contribution in [0.3, 0.4) is 0 Å². The molecule has 2 aliphatic rings. The van der Waals surface area contributed by atoms with Gasteiger partial charge in [0, 0.05) is 44.0 Å². The van der Waals surface area contributed by atoms with Crippen LogP contribution in [0, 0.1) is 0 Å². The number of aryl methyl sites for hydroxylation is 1. The number of anilines is 2. The molecule has 3 rings (SSSR count). The van der Waals surface area contributed by atoms with Crippen LogP contribution in [0.15, 0.2) is 12.1 Å². The predicted molar refractivity (Wildman–Crippen MR) is 106 cm³/mol. The van der Waals surface area contributed by atoms with Crippen LogP contribution in [0.5, 0.6) is 5.75 Å². The van der Waals surface area contributed by atoms with E-state index in [1.165, 1.54) is 56.7 Å². The molecule has 0 saturated carbocycles. The Bertz CT molecular complexity index is 569. The lowest BCUT2D eigenvalue weighted by molar-refractivity contribution is 0.174. The van der Waals surface area contributed by atoms with Gasteiger partial charge in [-0.1, -0.05) is 6.92 Å². The van der Waals surface area contributed by atoms with E-state index in [2.05, 4.69) is 40.8 Å². The molecule has 0 bridgehead atoms. The van der Waals surface area contributed by atoms with Crippen LogP contribution >= 0.6 is 0 Å². The molecule has 1 aromatic carbocycles. The van der Waals surface area contributed by atoms with Gasteiger partial charge >= 0.3 is 0 Å². The molecule has 140 valence electrons. The van der Waals surface area contributed by atoms with Gasteiger partial charge in [0.05, 0.1) is 12.8 Å². The quantitative estimate of drug-likeness (QED) is 0.849. The molecule has 2 aliphatic heterocycles. The summed E-state index contributed by atoms with van der Waals surface area (Å²) >= 11 is 0. The van der Waals surface area contributed by atoms with Crippen LogP contribution in [0.1, 0.15) is 31.7 Å². The number of piperidine rings is 1. The van der Waals surface area contributed by atoms with E-state index in [1.807, 2.05) is 0 Å². The fourth-order valence-electron chi connectivity index (χ4n) is 4.29. The minimum Gasteiger partial charge on any atom is -0.495 e. The highest BCUT2D eigenvalue weighted by Gasteiger charge is 2.27. The van der Waals surface area contributed by atoms with Gasteiger partial charge in [-0.3, -0.25) is 4.90 Å². The summed E-state index contributed by atoms with van der Waals surface area (Å²) in [6.45, 7) is 9.36. The molecular weight excluding hydrogens is 312 g/mol. The highest BCUT2D eigenvalue weighted by Crippen LogP contribution is 2.34.